The Morgan fingerprint density at radius 2 is 2.10 bits per heavy atom. The van der Waals surface area contributed by atoms with Crippen LogP contribution in [-0.4, -0.2) is 46.7 Å². The summed E-state index contributed by atoms with van der Waals surface area (Å²) in [5.74, 6) is -0.484. The van der Waals surface area contributed by atoms with Gasteiger partial charge >= 0.3 is 0 Å². The zero-order valence-electron chi connectivity index (χ0n) is 15.7. The van der Waals surface area contributed by atoms with Gasteiger partial charge in [0.1, 0.15) is 12.3 Å². The van der Waals surface area contributed by atoms with Crippen molar-refractivity contribution in [3.05, 3.63) is 46.8 Å². The SMILES string of the molecule is O=C1CCC(N2Cc3cccc(CNc4nc(C5CNC5)co4)c3C2=O)C(=O)N1. The molecule has 3 aliphatic heterocycles. The maximum Gasteiger partial charge on any atom is 0.295 e. The van der Waals surface area contributed by atoms with E-state index in [1.807, 2.05) is 18.2 Å². The minimum absolute atomic E-state index is 0.180. The molecule has 1 aromatic carbocycles. The largest absolute Gasteiger partial charge is 0.432 e. The fourth-order valence-corrected chi connectivity index (χ4v) is 4.06. The Labute approximate surface area is 166 Å². The van der Waals surface area contributed by atoms with Gasteiger partial charge in [0.25, 0.3) is 11.9 Å². The predicted molar refractivity (Wildman–Crippen MR) is 102 cm³/mol. The number of fused-ring (bicyclic) bond motifs is 1. The zero-order chi connectivity index (χ0) is 20.0. The van der Waals surface area contributed by atoms with Gasteiger partial charge in [0, 0.05) is 44.1 Å². The van der Waals surface area contributed by atoms with Crippen LogP contribution in [0.15, 0.2) is 28.9 Å². The number of rotatable bonds is 5. The first-order chi connectivity index (χ1) is 14.1. The first-order valence-electron chi connectivity index (χ1n) is 9.75. The number of hydrogen-bond acceptors (Lipinski definition) is 7. The summed E-state index contributed by atoms with van der Waals surface area (Å²) >= 11 is 0. The number of aromatic nitrogens is 1. The second kappa shape index (κ2) is 7.00. The molecule has 0 saturated carbocycles. The molecule has 150 valence electrons. The summed E-state index contributed by atoms with van der Waals surface area (Å²) in [5, 5.41) is 8.68. The molecule has 4 heterocycles. The van der Waals surface area contributed by atoms with E-state index in [-0.39, 0.29) is 18.2 Å². The Balaban J connectivity index is 1.31. The van der Waals surface area contributed by atoms with E-state index in [1.54, 1.807) is 11.2 Å². The molecule has 0 radical (unpaired) electrons. The van der Waals surface area contributed by atoms with Crippen LogP contribution in [0.2, 0.25) is 0 Å². The lowest BCUT2D eigenvalue weighted by molar-refractivity contribution is -0.136. The molecular formula is C20H21N5O4. The highest BCUT2D eigenvalue weighted by Gasteiger charge is 2.39. The van der Waals surface area contributed by atoms with Gasteiger partial charge in [-0.1, -0.05) is 18.2 Å². The zero-order valence-corrected chi connectivity index (χ0v) is 15.7. The molecule has 0 bridgehead atoms. The standard InChI is InChI=1S/C20H21N5O4/c26-16-5-4-15(18(27)24-16)25-9-12-3-1-2-11(17(12)19(25)28)8-22-20-23-14(10-29-20)13-6-21-7-13/h1-3,10,13,15,21H,4-9H2,(H,22,23)(H,24,26,27). The number of carbonyl (C=O) groups is 3. The number of amides is 3. The van der Waals surface area contributed by atoms with E-state index in [0.29, 0.717) is 37.0 Å². The van der Waals surface area contributed by atoms with Crippen LogP contribution >= 0.6 is 0 Å². The maximum absolute atomic E-state index is 13.1. The Bertz CT molecular complexity index is 997. The molecule has 1 atom stereocenters. The molecule has 2 fully saturated rings. The van der Waals surface area contributed by atoms with Gasteiger partial charge in [0.2, 0.25) is 11.8 Å². The second-order valence-corrected chi connectivity index (χ2v) is 7.64. The van der Waals surface area contributed by atoms with Crippen LogP contribution in [0.1, 0.15) is 45.9 Å². The van der Waals surface area contributed by atoms with E-state index in [9.17, 15) is 14.4 Å². The van der Waals surface area contributed by atoms with Crippen molar-refractivity contribution in [3.63, 3.8) is 0 Å². The van der Waals surface area contributed by atoms with Crippen molar-refractivity contribution >= 4 is 23.7 Å². The smallest absolute Gasteiger partial charge is 0.295 e. The summed E-state index contributed by atoms with van der Waals surface area (Å²) in [6, 6.07) is 5.50. The monoisotopic (exact) mass is 395 g/mol. The van der Waals surface area contributed by atoms with Crippen LogP contribution in [0.3, 0.4) is 0 Å². The van der Waals surface area contributed by atoms with Crippen molar-refractivity contribution in [1.82, 2.24) is 20.5 Å². The number of nitrogens with zero attached hydrogens (tertiary/aromatic N) is 2. The summed E-state index contributed by atoms with van der Waals surface area (Å²) in [6.45, 7) is 2.57. The highest BCUT2D eigenvalue weighted by atomic mass is 16.4. The summed E-state index contributed by atoms with van der Waals surface area (Å²) < 4.78 is 5.50. The van der Waals surface area contributed by atoms with Crippen molar-refractivity contribution in [2.24, 2.45) is 0 Å². The molecule has 2 aromatic rings. The van der Waals surface area contributed by atoms with Gasteiger partial charge < -0.3 is 20.0 Å². The highest BCUT2D eigenvalue weighted by molar-refractivity contribution is 6.06. The first-order valence-corrected chi connectivity index (χ1v) is 9.75. The lowest BCUT2D eigenvalue weighted by Gasteiger charge is -2.29. The number of anilines is 1. The lowest BCUT2D eigenvalue weighted by atomic mass is 10.0. The van der Waals surface area contributed by atoms with Crippen LogP contribution in [0.5, 0.6) is 0 Å². The Hall–Kier alpha value is -3.20. The average Bonchev–Trinajstić information content (AvgIpc) is 3.24. The van der Waals surface area contributed by atoms with E-state index in [2.05, 4.69) is 20.9 Å². The van der Waals surface area contributed by atoms with Crippen molar-refractivity contribution in [2.45, 2.75) is 37.9 Å². The normalized spacial score (nSPS) is 21.7. The average molecular weight is 395 g/mol. The molecule has 0 aliphatic carbocycles. The van der Waals surface area contributed by atoms with Gasteiger partial charge in [0.15, 0.2) is 0 Å². The lowest BCUT2D eigenvalue weighted by Crippen LogP contribution is -2.52. The number of hydrogen-bond donors (Lipinski definition) is 3. The number of carbonyl (C=O) groups excluding carboxylic acids is 3. The molecule has 2 saturated heterocycles. The molecule has 5 rings (SSSR count). The summed E-state index contributed by atoms with van der Waals surface area (Å²) in [6.07, 6.45) is 2.26. The van der Waals surface area contributed by atoms with Crippen LogP contribution in [0.4, 0.5) is 6.01 Å². The molecule has 3 aliphatic rings. The number of imide groups is 1. The van der Waals surface area contributed by atoms with Crippen LogP contribution in [-0.2, 0) is 22.7 Å². The molecule has 1 aromatic heterocycles. The third kappa shape index (κ3) is 3.17. The molecular weight excluding hydrogens is 374 g/mol. The highest BCUT2D eigenvalue weighted by Crippen LogP contribution is 2.30. The Kier molecular flexibility index (Phi) is 4.31. The minimum atomic E-state index is -0.612. The van der Waals surface area contributed by atoms with E-state index >= 15 is 0 Å². The number of benzene rings is 1. The third-order valence-corrected chi connectivity index (χ3v) is 5.79. The summed E-state index contributed by atoms with van der Waals surface area (Å²) in [7, 11) is 0. The molecule has 1 unspecified atom stereocenters. The van der Waals surface area contributed by atoms with Gasteiger partial charge in [-0.3, -0.25) is 19.7 Å². The van der Waals surface area contributed by atoms with E-state index in [0.717, 1.165) is 29.9 Å². The molecule has 9 heteroatoms. The second-order valence-electron chi connectivity index (χ2n) is 7.64. The van der Waals surface area contributed by atoms with Crippen molar-refractivity contribution in [3.8, 4) is 0 Å². The first kappa shape index (κ1) is 17.9. The topological polar surface area (TPSA) is 117 Å². The van der Waals surface area contributed by atoms with Gasteiger partial charge in [0.05, 0.1) is 5.69 Å². The third-order valence-electron chi connectivity index (χ3n) is 5.79. The number of piperidine rings is 1. The molecule has 29 heavy (non-hydrogen) atoms. The fraction of sp³-hybridized carbons (Fsp3) is 0.400. The summed E-state index contributed by atoms with van der Waals surface area (Å²) in [4.78, 5) is 42.7. The van der Waals surface area contributed by atoms with Gasteiger partial charge in [-0.2, -0.15) is 4.98 Å². The van der Waals surface area contributed by atoms with Gasteiger partial charge in [-0.25, -0.2) is 0 Å². The van der Waals surface area contributed by atoms with Crippen molar-refractivity contribution < 1.29 is 18.8 Å². The van der Waals surface area contributed by atoms with Crippen LogP contribution in [0.25, 0.3) is 0 Å². The van der Waals surface area contributed by atoms with Crippen molar-refractivity contribution in [1.29, 1.82) is 0 Å². The van der Waals surface area contributed by atoms with E-state index in [1.165, 1.54) is 0 Å². The Morgan fingerprint density at radius 3 is 2.86 bits per heavy atom. The molecule has 9 nitrogen and oxygen atoms in total. The molecule has 3 N–H and O–H groups in total. The summed E-state index contributed by atoms with van der Waals surface area (Å²) in [5.41, 5.74) is 3.24. The quantitative estimate of drug-likeness (QED) is 0.639. The minimum Gasteiger partial charge on any atom is -0.432 e. The van der Waals surface area contributed by atoms with Crippen LogP contribution in [0, 0.1) is 0 Å². The van der Waals surface area contributed by atoms with Crippen molar-refractivity contribution in [2.75, 3.05) is 18.4 Å². The molecule has 0 spiro atoms. The maximum atomic E-state index is 13.1. The van der Waals surface area contributed by atoms with E-state index < -0.39 is 11.9 Å². The Morgan fingerprint density at radius 1 is 1.24 bits per heavy atom. The van der Waals surface area contributed by atoms with Crippen LogP contribution < -0.4 is 16.0 Å². The number of nitrogens with one attached hydrogen (secondary N) is 3. The predicted octanol–water partition coefficient (Wildman–Crippen LogP) is 0.734. The molecule has 3 amide bonds. The van der Waals surface area contributed by atoms with Gasteiger partial charge in [-0.05, 0) is 17.5 Å². The van der Waals surface area contributed by atoms with Gasteiger partial charge in [-0.15, -0.1) is 0 Å². The number of oxazole rings is 1. The van der Waals surface area contributed by atoms with E-state index in [4.69, 9.17) is 4.42 Å². The fourth-order valence-electron chi connectivity index (χ4n) is 4.06.